The molecule has 2 heterocycles. The summed E-state index contributed by atoms with van der Waals surface area (Å²) in [5, 5.41) is -0.241. The summed E-state index contributed by atoms with van der Waals surface area (Å²) >= 11 is 6.39. The molecule has 0 fully saturated rings. The first-order valence-electron chi connectivity index (χ1n) is 5.72. The molecule has 0 radical (unpaired) electrons. The molecule has 4 heteroatoms. The number of anilines is 1. The molecule has 1 aromatic heterocycles. The van der Waals surface area contributed by atoms with Gasteiger partial charge in [0.15, 0.2) is 0 Å². The Morgan fingerprint density at radius 3 is 2.89 bits per heavy atom. The van der Waals surface area contributed by atoms with E-state index in [1.165, 1.54) is 0 Å². The van der Waals surface area contributed by atoms with Gasteiger partial charge in [-0.25, -0.2) is 0 Å². The predicted octanol–water partition coefficient (Wildman–Crippen LogP) is 3.13. The Hall–Kier alpha value is -1.74. The highest BCUT2D eigenvalue weighted by atomic mass is 35.5. The lowest BCUT2D eigenvalue weighted by Crippen LogP contribution is -2.20. The number of hydrogen-bond donors (Lipinski definition) is 0. The largest absolute Gasteiger partial charge is 0.472 e. The third kappa shape index (κ3) is 1.71. The van der Waals surface area contributed by atoms with E-state index < -0.39 is 0 Å². The first-order chi connectivity index (χ1) is 8.66. The van der Waals surface area contributed by atoms with Gasteiger partial charge in [0.05, 0.1) is 24.3 Å². The molecule has 3 nitrogen and oxygen atoms in total. The van der Waals surface area contributed by atoms with Crippen LogP contribution in [0.2, 0.25) is 0 Å². The number of halogens is 1. The number of amides is 1. The predicted molar refractivity (Wildman–Crippen MR) is 70.0 cm³/mol. The van der Waals surface area contributed by atoms with Gasteiger partial charge in [-0.15, -0.1) is 11.6 Å². The molecular weight excluding hydrogens is 250 g/mol. The minimum Gasteiger partial charge on any atom is -0.472 e. The molecule has 0 spiro atoms. The van der Waals surface area contributed by atoms with E-state index in [9.17, 15) is 4.79 Å². The number of carbonyl (C=O) groups excluding carboxylic acids is 1. The molecule has 0 N–H and O–H groups in total. The summed E-state index contributed by atoms with van der Waals surface area (Å²) in [6, 6.07) is 7.76. The van der Waals surface area contributed by atoms with Gasteiger partial charge >= 0.3 is 0 Å². The molecule has 1 atom stereocenters. The van der Waals surface area contributed by atoms with Crippen LogP contribution < -0.4 is 4.90 Å². The van der Waals surface area contributed by atoms with Gasteiger partial charge in [0.2, 0.25) is 5.91 Å². The molecule has 1 amide bonds. The summed E-state index contributed by atoms with van der Waals surface area (Å²) in [5.74, 6) is 0.122. The first-order valence-corrected chi connectivity index (χ1v) is 6.16. The molecule has 1 aliphatic heterocycles. The van der Waals surface area contributed by atoms with Crippen LogP contribution in [0.3, 0.4) is 0 Å². The smallest absolute Gasteiger partial charge is 0.231 e. The fourth-order valence-electron chi connectivity index (χ4n) is 2.26. The second-order valence-corrected chi connectivity index (χ2v) is 4.87. The Labute approximate surface area is 110 Å². The molecule has 1 unspecified atom stereocenters. The molecule has 0 saturated carbocycles. The topological polar surface area (TPSA) is 33.5 Å². The van der Waals surface area contributed by atoms with Gasteiger partial charge < -0.3 is 9.32 Å². The minimum absolute atomic E-state index is 0.122. The van der Waals surface area contributed by atoms with Gasteiger partial charge in [0.1, 0.15) is 0 Å². The summed E-state index contributed by atoms with van der Waals surface area (Å²) in [6.45, 7) is 0. The van der Waals surface area contributed by atoms with Crippen molar-refractivity contribution in [2.75, 3.05) is 11.9 Å². The fourth-order valence-corrected chi connectivity index (χ4v) is 2.52. The normalized spacial score (nSPS) is 15.9. The molecular formula is C14H12ClNO2. The molecule has 2 aromatic rings. The molecule has 0 aliphatic carbocycles. The van der Waals surface area contributed by atoms with Gasteiger partial charge in [-0.05, 0) is 23.3 Å². The number of likely N-dealkylation sites (N-methyl/N-ethyl adjacent to an activating group) is 1. The number of benzene rings is 1. The zero-order chi connectivity index (χ0) is 12.7. The number of alkyl halides is 1. The summed E-state index contributed by atoms with van der Waals surface area (Å²) in [6.07, 6.45) is 3.70. The standard InChI is InChI=1S/C14H12ClNO2/c1-16-12-3-2-9(6-11(12)7-13(16)17)14(15)10-4-5-18-8-10/h2-6,8,14H,7H2,1H3. The molecule has 0 saturated heterocycles. The lowest BCUT2D eigenvalue weighted by Gasteiger charge is -2.12. The van der Waals surface area contributed by atoms with Crippen molar-refractivity contribution in [2.24, 2.45) is 0 Å². The Balaban J connectivity index is 1.97. The maximum absolute atomic E-state index is 11.6. The number of rotatable bonds is 2. The van der Waals surface area contributed by atoms with Crippen LogP contribution in [-0.2, 0) is 11.2 Å². The minimum atomic E-state index is -0.241. The van der Waals surface area contributed by atoms with Crippen LogP contribution in [-0.4, -0.2) is 13.0 Å². The molecule has 3 rings (SSSR count). The Morgan fingerprint density at radius 1 is 1.33 bits per heavy atom. The summed E-state index contributed by atoms with van der Waals surface area (Å²) in [5.41, 5.74) is 3.92. The van der Waals surface area contributed by atoms with Crippen molar-refractivity contribution in [1.82, 2.24) is 0 Å². The SMILES string of the molecule is CN1C(=O)Cc2cc(C(Cl)c3ccoc3)ccc21. The number of furan rings is 1. The summed E-state index contributed by atoms with van der Waals surface area (Å²) in [4.78, 5) is 13.3. The monoisotopic (exact) mass is 261 g/mol. The van der Waals surface area contributed by atoms with Crippen molar-refractivity contribution < 1.29 is 9.21 Å². The Kier molecular flexibility index (Phi) is 2.63. The van der Waals surface area contributed by atoms with Crippen molar-refractivity contribution in [2.45, 2.75) is 11.8 Å². The zero-order valence-electron chi connectivity index (χ0n) is 9.89. The van der Waals surface area contributed by atoms with Gasteiger partial charge in [0.25, 0.3) is 0 Å². The fraction of sp³-hybridized carbons (Fsp3) is 0.214. The van der Waals surface area contributed by atoms with E-state index in [2.05, 4.69) is 0 Å². The van der Waals surface area contributed by atoms with Gasteiger partial charge in [0, 0.05) is 18.3 Å². The highest BCUT2D eigenvalue weighted by molar-refractivity contribution is 6.22. The highest BCUT2D eigenvalue weighted by Crippen LogP contribution is 2.34. The Bertz CT molecular complexity index is 592. The third-order valence-corrected chi connectivity index (χ3v) is 3.81. The molecule has 18 heavy (non-hydrogen) atoms. The van der Waals surface area contributed by atoms with Crippen LogP contribution in [0.1, 0.15) is 22.1 Å². The van der Waals surface area contributed by atoms with Gasteiger partial charge in [-0.1, -0.05) is 12.1 Å². The van der Waals surface area contributed by atoms with Crippen LogP contribution >= 0.6 is 11.6 Å². The molecule has 92 valence electrons. The molecule has 1 aliphatic rings. The van der Waals surface area contributed by atoms with Crippen LogP contribution in [0, 0.1) is 0 Å². The maximum Gasteiger partial charge on any atom is 0.231 e. The van der Waals surface area contributed by atoms with E-state index >= 15 is 0 Å². The number of carbonyl (C=O) groups is 1. The third-order valence-electron chi connectivity index (χ3n) is 3.31. The van der Waals surface area contributed by atoms with Crippen LogP contribution in [0.25, 0.3) is 0 Å². The molecule has 1 aromatic carbocycles. The number of fused-ring (bicyclic) bond motifs is 1. The quantitative estimate of drug-likeness (QED) is 0.778. The van der Waals surface area contributed by atoms with Crippen molar-refractivity contribution in [1.29, 1.82) is 0 Å². The van der Waals surface area contributed by atoms with Gasteiger partial charge in [-0.2, -0.15) is 0 Å². The van der Waals surface area contributed by atoms with Crippen molar-refractivity contribution in [3.8, 4) is 0 Å². The van der Waals surface area contributed by atoms with Crippen molar-refractivity contribution >= 4 is 23.2 Å². The second-order valence-electron chi connectivity index (χ2n) is 4.44. The van der Waals surface area contributed by atoms with Crippen LogP contribution in [0.5, 0.6) is 0 Å². The first kappa shape index (κ1) is 11.4. The van der Waals surface area contributed by atoms with E-state index in [0.717, 1.165) is 22.4 Å². The summed E-state index contributed by atoms with van der Waals surface area (Å²) < 4.78 is 5.04. The highest BCUT2D eigenvalue weighted by Gasteiger charge is 2.25. The van der Waals surface area contributed by atoms with Crippen LogP contribution in [0.4, 0.5) is 5.69 Å². The average Bonchev–Trinajstić information content (AvgIpc) is 2.98. The Morgan fingerprint density at radius 2 is 2.17 bits per heavy atom. The second kappa shape index (κ2) is 4.18. The van der Waals surface area contributed by atoms with E-state index in [1.807, 2.05) is 24.3 Å². The number of hydrogen-bond acceptors (Lipinski definition) is 2. The van der Waals surface area contributed by atoms with Gasteiger partial charge in [-0.3, -0.25) is 4.79 Å². The lowest BCUT2D eigenvalue weighted by molar-refractivity contribution is -0.117. The zero-order valence-corrected chi connectivity index (χ0v) is 10.6. The van der Waals surface area contributed by atoms with E-state index in [4.69, 9.17) is 16.0 Å². The van der Waals surface area contributed by atoms with E-state index in [0.29, 0.717) is 6.42 Å². The van der Waals surface area contributed by atoms with Crippen LogP contribution in [0.15, 0.2) is 41.2 Å². The van der Waals surface area contributed by atoms with Crippen molar-refractivity contribution in [3.63, 3.8) is 0 Å². The van der Waals surface area contributed by atoms with Crippen molar-refractivity contribution in [3.05, 3.63) is 53.5 Å². The lowest BCUT2D eigenvalue weighted by atomic mass is 10.0. The van der Waals surface area contributed by atoms with E-state index in [-0.39, 0.29) is 11.3 Å². The average molecular weight is 262 g/mol. The summed E-state index contributed by atoms with van der Waals surface area (Å²) in [7, 11) is 1.79. The maximum atomic E-state index is 11.6. The van der Waals surface area contributed by atoms with E-state index in [1.54, 1.807) is 24.5 Å². The number of nitrogens with zero attached hydrogens (tertiary/aromatic N) is 1. The molecule has 0 bridgehead atoms.